The summed E-state index contributed by atoms with van der Waals surface area (Å²) >= 11 is 0. The van der Waals surface area contributed by atoms with E-state index < -0.39 is 52.3 Å². The van der Waals surface area contributed by atoms with Crippen molar-refractivity contribution in [1.29, 1.82) is 0 Å². The lowest BCUT2D eigenvalue weighted by Gasteiger charge is -2.11. The number of aromatic nitrogens is 3. The van der Waals surface area contributed by atoms with E-state index in [0.717, 1.165) is 10.6 Å². The number of alkyl halides is 5. The predicted octanol–water partition coefficient (Wildman–Crippen LogP) is 5.17. The number of rotatable bonds is 8. The van der Waals surface area contributed by atoms with E-state index in [1.807, 2.05) is 0 Å². The van der Waals surface area contributed by atoms with Gasteiger partial charge in [0, 0.05) is 25.1 Å². The highest BCUT2D eigenvalue weighted by Crippen LogP contribution is 2.31. The van der Waals surface area contributed by atoms with Crippen LogP contribution in [-0.2, 0) is 17.5 Å². The normalized spacial score (nSPS) is 12.1. The fraction of sp³-hybridized carbons (Fsp3) is 0.350. The van der Waals surface area contributed by atoms with Crippen LogP contribution in [0.3, 0.4) is 0 Å². The van der Waals surface area contributed by atoms with Crippen molar-refractivity contribution in [3.05, 3.63) is 58.3 Å². The lowest BCUT2D eigenvalue weighted by Crippen LogP contribution is -2.21. The van der Waals surface area contributed by atoms with Crippen molar-refractivity contribution < 1.29 is 35.5 Å². The van der Waals surface area contributed by atoms with Crippen molar-refractivity contribution in [3.8, 4) is 11.4 Å². The van der Waals surface area contributed by atoms with Gasteiger partial charge >= 0.3 is 12.8 Å². The van der Waals surface area contributed by atoms with E-state index in [2.05, 4.69) is 14.7 Å². The minimum atomic E-state index is -4.69. The van der Waals surface area contributed by atoms with E-state index in [1.54, 1.807) is 0 Å². The molecule has 0 saturated carbocycles. The second-order valence-corrected chi connectivity index (χ2v) is 6.82. The molecule has 0 amide bonds. The number of pyridine rings is 1. The zero-order valence-electron chi connectivity index (χ0n) is 16.3. The fourth-order valence-electron chi connectivity index (χ4n) is 3.06. The van der Waals surface area contributed by atoms with Crippen molar-refractivity contribution in [2.45, 2.75) is 38.6 Å². The highest BCUT2D eigenvalue weighted by Gasteiger charge is 2.31. The van der Waals surface area contributed by atoms with E-state index in [-0.39, 0.29) is 18.5 Å². The van der Waals surface area contributed by atoms with Gasteiger partial charge in [-0.15, -0.1) is 0 Å². The summed E-state index contributed by atoms with van der Waals surface area (Å²) in [6, 6.07) is 2.44. The Hall–Kier alpha value is -3.02. The van der Waals surface area contributed by atoms with Crippen molar-refractivity contribution in [2.75, 3.05) is 6.61 Å². The van der Waals surface area contributed by atoms with E-state index >= 15 is 0 Å². The first-order chi connectivity index (χ1) is 15.1. The molecule has 0 fully saturated rings. The number of halogens is 7. The van der Waals surface area contributed by atoms with Gasteiger partial charge < -0.3 is 9.30 Å². The van der Waals surface area contributed by atoms with Crippen molar-refractivity contribution in [3.63, 3.8) is 0 Å². The molecule has 0 aliphatic rings. The molecule has 32 heavy (non-hydrogen) atoms. The van der Waals surface area contributed by atoms with Crippen LogP contribution in [0.1, 0.15) is 24.8 Å². The minimum Gasteiger partial charge on any atom is -0.323 e. The number of nitrogens with zero attached hydrogens (tertiary/aromatic N) is 3. The Kier molecular flexibility index (Phi) is 7.12. The molecule has 2 aromatic heterocycles. The summed E-state index contributed by atoms with van der Waals surface area (Å²) in [5, 5.41) is -0.504. The molecule has 0 spiro atoms. The first-order valence-corrected chi connectivity index (χ1v) is 9.40. The second kappa shape index (κ2) is 9.63. The summed E-state index contributed by atoms with van der Waals surface area (Å²) in [4.78, 5) is 19.5. The molecule has 12 heteroatoms. The van der Waals surface area contributed by atoms with Crippen LogP contribution in [-0.4, -0.2) is 27.8 Å². The molecule has 5 nitrogen and oxygen atoms in total. The summed E-state index contributed by atoms with van der Waals surface area (Å²) in [5.74, 6) is -3.39. The van der Waals surface area contributed by atoms with Gasteiger partial charge in [-0.05, 0) is 36.8 Å². The number of hydrogen-bond acceptors (Lipinski definition) is 4. The number of unbranched alkanes of at least 4 members (excludes halogenated alkanes) is 2. The number of benzene rings is 1. The van der Waals surface area contributed by atoms with Gasteiger partial charge in [-0.1, -0.05) is 0 Å². The van der Waals surface area contributed by atoms with Crippen molar-refractivity contribution >= 4 is 10.8 Å². The third-order valence-electron chi connectivity index (χ3n) is 4.65. The van der Waals surface area contributed by atoms with Crippen LogP contribution in [0.2, 0.25) is 0 Å². The highest BCUT2D eigenvalue weighted by molar-refractivity contribution is 5.86. The molecule has 2 heterocycles. The second-order valence-electron chi connectivity index (χ2n) is 6.82. The summed E-state index contributed by atoms with van der Waals surface area (Å²) in [7, 11) is 0. The molecule has 0 aliphatic heterocycles. The molecule has 0 saturated heterocycles. The summed E-state index contributed by atoms with van der Waals surface area (Å²) in [5.41, 5.74) is -2.44. The van der Waals surface area contributed by atoms with Gasteiger partial charge in [0.05, 0.1) is 23.1 Å². The Labute approximate surface area is 176 Å². The molecule has 0 radical (unpaired) electrons. The van der Waals surface area contributed by atoms with Gasteiger partial charge in [0.15, 0.2) is 17.5 Å². The van der Waals surface area contributed by atoms with Crippen molar-refractivity contribution in [1.82, 2.24) is 14.5 Å². The molecule has 0 aliphatic carbocycles. The third kappa shape index (κ3) is 5.23. The number of aryl methyl sites for hydroxylation is 1. The number of ether oxygens (including phenoxy) is 1. The average Bonchev–Trinajstić information content (AvgIpc) is 2.73. The predicted molar refractivity (Wildman–Crippen MR) is 100.0 cm³/mol. The van der Waals surface area contributed by atoms with Crippen LogP contribution in [0, 0.1) is 11.6 Å². The Morgan fingerprint density at radius 2 is 1.72 bits per heavy atom. The molecule has 0 N–H and O–H groups in total. The maximum absolute atomic E-state index is 14.7. The van der Waals surface area contributed by atoms with Gasteiger partial charge in [0.25, 0.3) is 5.56 Å². The van der Waals surface area contributed by atoms with E-state index in [1.165, 1.54) is 12.3 Å². The van der Waals surface area contributed by atoms with Crippen LogP contribution < -0.4 is 5.56 Å². The largest absolute Gasteiger partial charge is 0.419 e. The SMILES string of the molecule is O=c1c2c(F)c(F)c(-c3ncc(C(F)(F)F)cn3)cc2ccn1CCCCCOC(F)F. The standard InChI is InChI=1S/C20H16F7N3O2/c21-15-13(17-28-9-12(10-29-17)20(25,26)27)8-11-4-6-30(18(31)14(11)16(15)22)5-2-1-3-7-32-19(23)24/h4,6,8-10,19H,1-3,5,7H2. The Morgan fingerprint density at radius 1 is 1.03 bits per heavy atom. The van der Waals surface area contributed by atoms with Gasteiger partial charge in [0.1, 0.15) is 0 Å². The highest BCUT2D eigenvalue weighted by atomic mass is 19.4. The first-order valence-electron chi connectivity index (χ1n) is 9.40. The maximum Gasteiger partial charge on any atom is 0.419 e. The minimum absolute atomic E-state index is 0.0222. The number of fused-ring (bicyclic) bond motifs is 1. The first kappa shape index (κ1) is 23.6. The lowest BCUT2D eigenvalue weighted by molar-refractivity contribution is -0.138. The van der Waals surface area contributed by atoms with Crippen molar-refractivity contribution in [2.24, 2.45) is 0 Å². The zero-order chi connectivity index (χ0) is 23.5. The van der Waals surface area contributed by atoms with Crippen LogP contribution in [0.15, 0.2) is 35.5 Å². The molecular weight excluding hydrogens is 447 g/mol. The Morgan fingerprint density at radius 3 is 2.34 bits per heavy atom. The fourth-order valence-corrected chi connectivity index (χ4v) is 3.06. The van der Waals surface area contributed by atoms with Crippen LogP contribution in [0.5, 0.6) is 0 Å². The molecule has 3 aromatic rings. The summed E-state index contributed by atoms with van der Waals surface area (Å²) in [6.45, 7) is -2.85. The van der Waals surface area contributed by atoms with Crippen LogP contribution in [0.4, 0.5) is 30.7 Å². The summed E-state index contributed by atoms with van der Waals surface area (Å²) in [6.07, 6.45) is -1.20. The average molecular weight is 463 g/mol. The molecular formula is C20H16F7N3O2. The maximum atomic E-state index is 14.7. The van der Waals surface area contributed by atoms with Crippen LogP contribution >= 0.6 is 0 Å². The molecule has 172 valence electrons. The van der Waals surface area contributed by atoms with E-state index in [0.29, 0.717) is 31.7 Å². The molecule has 1 aromatic carbocycles. The van der Waals surface area contributed by atoms with E-state index in [4.69, 9.17) is 0 Å². The zero-order valence-corrected chi connectivity index (χ0v) is 16.3. The van der Waals surface area contributed by atoms with Gasteiger partial charge in [0.2, 0.25) is 0 Å². The monoisotopic (exact) mass is 463 g/mol. The van der Waals surface area contributed by atoms with Crippen LogP contribution in [0.25, 0.3) is 22.2 Å². The molecule has 0 unspecified atom stereocenters. The number of hydrogen-bond donors (Lipinski definition) is 0. The quantitative estimate of drug-likeness (QED) is 0.342. The topological polar surface area (TPSA) is 57.0 Å². The Balaban J connectivity index is 1.84. The van der Waals surface area contributed by atoms with Gasteiger partial charge in [-0.25, -0.2) is 18.7 Å². The van der Waals surface area contributed by atoms with Gasteiger partial charge in [-0.3, -0.25) is 4.79 Å². The smallest absolute Gasteiger partial charge is 0.323 e. The van der Waals surface area contributed by atoms with E-state index in [9.17, 15) is 35.5 Å². The molecule has 3 rings (SSSR count). The van der Waals surface area contributed by atoms with Gasteiger partial charge in [-0.2, -0.15) is 22.0 Å². The molecule has 0 atom stereocenters. The Bertz CT molecular complexity index is 1150. The third-order valence-corrected chi connectivity index (χ3v) is 4.65. The molecule has 0 bridgehead atoms. The lowest BCUT2D eigenvalue weighted by atomic mass is 10.1. The summed E-state index contributed by atoms with van der Waals surface area (Å²) < 4.78 is 96.3.